The van der Waals surface area contributed by atoms with Gasteiger partial charge in [0, 0.05) is 24.0 Å². The maximum absolute atomic E-state index is 13.4. The first-order chi connectivity index (χ1) is 16.6. The zero-order chi connectivity index (χ0) is 23.9. The second kappa shape index (κ2) is 11.0. The zero-order valence-electron chi connectivity index (χ0n) is 19.3. The summed E-state index contributed by atoms with van der Waals surface area (Å²) >= 11 is 6.52. The van der Waals surface area contributed by atoms with Gasteiger partial charge in [-0.25, -0.2) is 4.98 Å². The molecule has 0 spiro atoms. The Bertz CT molecular complexity index is 1280. The quantitative estimate of drug-likeness (QED) is 0.291. The Labute approximate surface area is 204 Å². The van der Waals surface area contributed by atoms with E-state index >= 15 is 0 Å². The zero-order valence-corrected chi connectivity index (χ0v) is 20.1. The Morgan fingerprint density at radius 2 is 1.62 bits per heavy atom. The van der Waals surface area contributed by atoms with Crippen molar-refractivity contribution in [1.82, 2.24) is 9.88 Å². The molecule has 1 aromatic heterocycles. The van der Waals surface area contributed by atoms with E-state index in [-0.39, 0.29) is 5.91 Å². The number of rotatable bonds is 9. The number of benzene rings is 3. The average Bonchev–Trinajstić information content (AvgIpc) is 2.87. The van der Waals surface area contributed by atoms with Crippen LogP contribution in [-0.2, 0) is 24.2 Å². The van der Waals surface area contributed by atoms with E-state index in [4.69, 9.17) is 21.1 Å². The minimum atomic E-state index is 0.0379. The van der Waals surface area contributed by atoms with Gasteiger partial charge in [0.05, 0.1) is 26.2 Å². The fourth-order valence-electron chi connectivity index (χ4n) is 3.93. The monoisotopic (exact) mass is 474 g/mol. The van der Waals surface area contributed by atoms with Crippen LogP contribution in [0, 0.1) is 0 Å². The van der Waals surface area contributed by atoms with Crippen LogP contribution in [0.2, 0.25) is 5.15 Å². The van der Waals surface area contributed by atoms with Gasteiger partial charge in [-0.1, -0.05) is 66.2 Å². The number of aromatic nitrogens is 1. The highest BCUT2D eigenvalue weighted by Gasteiger charge is 2.18. The summed E-state index contributed by atoms with van der Waals surface area (Å²) in [6.45, 7) is 0.917. The number of fused-ring (bicyclic) bond motifs is 1. The third kappa shape index (κ3) is 5.67. The molecule has 34 heavy (non-hydrogen) atoms. The fourth-order valence-corrected chi connectivity index (χ4v) is 4.13. The second-order valence-corrected chi connectivity index (χ2v) is 8.41. The van der Waals surface area contributed by atoms with Crippen molar-refractivity contribution in [1.29, 1.82) is 0 Å². The number of methoxy groups -OCH3 is 2. The van der Waals surface area contributed by atoms with Crippen LogP contribution >= 0.6 is 11.6 Å². The molecule has 174 valence electrons. The van der Waals surface area contributed by atoms with E-state index in [1.807, 2.05) is 83.8 Å². The van der Waals surface area contributed by atoms with Crippen molar-refractivity contribution in [2.45, 2.75) is 19.4 Å². The molecule has 1 heterocycles. The van der Waals surface area contributed by atoms with E-state index in [9.17, 15) is 4.79 Å². The molecule has 4 rings (SSSR count). The molecule has 0 saturated carbocycles. The SMILES string of the molecule is COc1ccc(CCN(Cc2cc3ccccc3nc2Cl)C(=O)Cc2ccccc2)cc1OC. The van der Waals surface area contributed by atoms with Gasteiger partial charge in [0.2, 0.25) is 5.91 Å². The number of pyridine rings is 1. The number of hydrogen-bond donors (Lipinski definition) is 0. The molecule has 5 nitrogen and oxygen atoms in total. The average molecular weight is 475 g/mol. The molecular weight excluding hydrogens is 448 g/mol. The number of halogens is 1. The van der Waals surface area contributed by atoms with Gasteiger partial charge in [-0.3, -0.25) is 4.79 Å². The maximum Gasteiger partial charge on any atom is 0.227 e. The van der Waals surface area contributed by atoms with Crippen molar-refractivity contribution < 1.29 is 14.3 Å². The van der Waals surface area contributed by atoms with Gasteiger partial charge in [-0.05, 0) is 41.8 Å². The molecule has 0 radical (unpaired) electrons. The van der Waals surface area contributed by atoms with Gasteiger partial charge in [0.15, 0.2) is 11.5 Å². The van der Waals surface area contributed by atoms with Gasteiger partial charge in [0.25, 0.3) is 0 Å². The van der Waals surface area contributed by atoms with Gasteiger partial charge in [-0.2, -0.15) is 0 Å². The minimum absolute atomic E-state index is 0.0379. The van der Waals surface area contributed by atoms with Crippen molar-refractivity contribution in [2.75, 3.05) is 20.8 Å². The first kappa shape index (κ1) is 23.6. The normalized spacial score (nSPS) is 10.8. The van der Waals surface area contributed by atoms with E-state index in [1.54, 1.807) is 14.2 Å². The summed E-state index contributed by atoms with van der Waals surface area (Å²) in [6.07, 6.45) is 0.991. The molecule has 4 aromatic rings. The Morgan fingerprint density at radius 1 is 0.882 bits per heavy atom. The molecule has 1 amide bonds. The minimum Gasteiger partial charge on any atom is -0.493 e. The standard InChI is InChI=1S/C28H27ClN2O3/c1-33-25-13-12-21(16-26(25)34-2)14-15-31(27(32)17-20-8-4-3-5-9-20)19-23-18-22-10-6-7-11-24(22)30-28(23)29/h3-13,16,18H,14-15,17,19H2,1-2H3. The number of ether oxygens (including phenoxy) is 2. The lowest BCUT2D eigenvalue weighted by molar-refractivity contribution is -0.131. The summed E-state index contributed by atoms with van der Waals surface area (Å²) in [6, 6.07) is 25.4. The van der Waals surface area contributed by atoms with E-state index < -0.39 is 0 Å². The molecule has 0 aliphatic carbocycles. The van der Waals surface area contributed by atoms with E-state index in [1.165, 1.54) is 0 Å². The van der Waals surface area contributed by atoms with E-state index in [0.29, 0.717) is 42.6 Å². The lowest BCUT2D eigenvalue weighted by atomic mass is 10.1. The van der Waals surface area contributed by atoms with Gasteiger partial charge in [0.1, 0.15) is 5.15 Å². The fraction of sp³-hybridized carbons (Fsp3) is 0.214. The number of nitrogens with zero attached hydrogens (tertiary/aromatic N) is 2. The highest BCUT2D eigenvalue weighted by atomic mass is 35.5. The Morgan fingerprint density at radius 3 is 2.38 bits per heavy atom. The number of carbonyl (C=O) groups excluding carboxylic acids is 1. The molecule has 0 bridgehead atoms. The topological polar surface area (TPSA) is 51.7 Å². The van der Waals surface area contributed by atoms with Crippen LogP contribution in [0.15, 0.2) is 78.9 Å². The van der Waals surface area contributed by atoms with Crippen LogP contribution in [0.5, 0.6) is 11.5 Å². The Hall–Kier alpha value is -3.57. The second-order valence-electron chi connectivity index (χ2n) is 8.05. The molecule has 0 saturated heterocycles. The summed E-state index contributed by atoms with van der Waals surface area (Å²) in [7, 11) is 3.23. The van der Waals surface area contributed by atoms with Gasteiger partial charge >= 0.3 is 0 Å². The van der Waals surface area contributed by atoms with E-state index in [0.717, 1.165) is 27.6 Å². The number of amides is 1. The lowest BCUT2D eigenvalue weighted by Crippen LogP contribution is -2.34. The molecule has 0 aliphatic rings. The smallest absolute Gasteiger partial charge is 0.227 e. The first-order valence-electron chi connectivity index (χ1n) is 11.1. The number of hydrogen-bond acceptors (Lipinski definition) is 4. The van der Waals surface area contributed by atoms with Crippen LogP contribution < -0.4 is 9.47 Å². The predicted molar refractivity (Wildman–Crippen MR) is 136 cm³/mol. The predicted octanol–water partition coefficient (Wildman–Crippen LogP) is 5.72. The van der Waals surface area contributed by atoms with Crippen LogP contribution in [0.25, 0.3) is 10.9 Å². The third-order valence-corrected chi connectivity index (χ3v) is 6.11. The maximum atomic E-state index is 13.4. The molecule has 0 atom stereocenters. The van der Waals surface area contributed by atoms with Gasteiger partial charge in [-0.15, -0.1) is 0 Å². The van der Waals surface area contributed by atoms with Crippen molar-refractivity contribution in [3.05, 3.63) is 101 Å². The molecule has 6 heteroatoms. The van der Waals surface area contributed by atoms with Gasteiger partial charge < -0.3 is 14.4 Å². The lowest BCUT2D eigenvalue weighted by Gasteiger charge is -2.24. The third-order valence-electron chi connectivity index (χ3n) is 5.78. The van der Waals surface area contributed by atoms with Crippen LogP contribution in [0.1, 0.15) is 16.7 Å². The molecule has 0 fully saturated rings. The summed E-state index contributed by atoms with van der Waals surface area (Å²) in [4.78, 5) is 19.7. The molecule has 0 aliphatic heterocycles. The van der Waals surface area contributed by atoms with Crippen LogP contribution in [0.4, 0.5) is 0 Å². The first-order valence-corrected chi connectivity index (χ1v) is 11.5. The summed E-state index contributed by atoms with van der Waals surface area (Å²) in [5.41, 5.74) is 3.70. The van der Waals surface area contributed by atoms with Crippen molar-refractivity contribution in [2.24, 2.45) is 0 Å². The Kier molecular flexibility index (Phi) is 7.65. The summed E-state index contributed by atoms with van der Waals surface area (Å²) in [5, 5.41) is 1.42. The highest BCUT2D eigenvalue weighted by Crippen LogP contribution is 2.28. The molecule has 0 N–H and O–H groups in total. The highest BCUT2D eigenvalue weighted by molar-refractivity contribution is 6.30. The number of para-hydroxylation sites is 1. The van der Waals surface area contributed by atoms with Crippen LogP contribution in [-0.4, -0.2) is 36.6 Å². The summed E-state index contributed by atoms with van der Waals surface area (Å²) in [5.74, 6) is 1.39. The van der Waals surface area contributed by atoms with Crippen LogP contribution in [0.3, 0.4) is 0 Å². The number of carbonyl (C=O) groups is 1. The largest absolute Gasteiger partial charge is 0.493 e. The molecule has 0 unspecified atom stereocenters. The van der Waals surface area contributed by atoms with Crippen molar-refractivity contribution in [3.63, 3.8) is 0 Å². The van der Waals surface area contributed by atoms with Crippen molar-refractivity contribution in [3.8, 4) is 11.5 Å². The summed E-state index contributed by atoms with van der Waals surface area (Å²) < 4.78 is 10.8. The van der Waals surface area contributed by atoms with E-state index in [2.05, 4.69) is 4.98 Å². The molecular formula is C28H27ClN2O3. The molecule has 3 aromatic carbocycles. The van der Waals surface area contributed by atoms with Crippen molar-refractivity contribution >= 4 is 28.4 Å². The Balaban J connectivity index is 1.58.